The highest BCUT2D eigenvalue weighted by atomic mass is 35.5. The molecular formula is C16H16Cl2N4O2. The number of benzene rings is 1. The number of amides is 2. The van der Waals surface area contributed by atoms with Gasteiger partial charge in [0.2, 0.25) is 11.8 Å². The molecule has 2 amide bonds. The predicted octanol–water partition coefficient (Wildman–Crippen LogP) is 2.90. The number of halogens is 2. The number of aromatic nitrogens is 1. The van der Waals surface area contributed by atoms with E-state index in [1.807, 2.05) is 0 Å². The van der Waals surface area contributed by atoms with Crippen molar-refractivity contribution in [2.75, 3.05) is 30.8 Å². The van der Waals surface area contributed by atoms with E-state index in [0.29, 0.717) is 21.6 Å². The van der Waals surface area contributed by atoms with E-state index >= 15 is 0 Å². The van der Waals surface area contributed by atoms with E-state index in [-0.39, 0.29) is 24.9 Å². The minimum absolute atomic E-state index is 0.0539. The van der Waals surface area contributed by atoms with Crippen LogP contribution in [0.3, 0.4) is 0 Å². The molecule has 2 N–H and O–H groups in total. The first-order valence-electron chi connectivity index (χ1n) is 7.08. The Kier molecular flexibility index (Phi) is 6.54. The highest BCUT2D eigenvalue weighted by Gasteiger charge is 2.11. The second-order valence-electron chi connectivity index (χ2n) is 5.14. The molecule has 2 rings (SSSR count). The van der Waals surface area contributed by atoms with E-state index in [1.165, 1.54) is 6.20 Å². The Hall–Kier alpha value is -2.15. The average molecular weight is 367 g/mol. The van der Waals surface area contributed by atoms with Crippen LogP contribution in [0, 0.1) is 0 Å². The molecular weight excluding hydrogens is 351 g/mol. The number of rotatable bonds is 6. The molecule has 24 heavy (non-hydrogen) atoms. The molecule has 0 saturated carbocycles. The van der Waals surface area contributed by atoms with Gasteiger partial charge in [0.05, 0.1) is 18.1 Å². The molecule has 0 bridgehead atoms. The number of hydrogen-bond acceptors (Lipinski definition) is 4. The molecule has 8 heteroatoms. The molecule has 2 aromatic rings. The number of nitrogens with zero attached hydrogens (tertiary/aromatic N) is 2. The third kappa shape index (κ3) is 6.16. The third-order valence-electron chi connectivity index (χ3n) is 2.95. The zero-order chi connectivity index (χ0) is 17.5. The lowest BCUT2D eigenvalue weighted by Gasteiger charge is -2.15. The SMILES string of the molecule is CN(CC(=O)Nc1ccc(Cl)cc1)CC(=O)Nc1ccc(Cl)cn1. The molecule has 0 aliphatic heterocycles. The normalized spacial score (nSPS) is 10.5. The van der Waals surface area contributed by atoms with E-state index in [0.717, 1.165) is 0 Å². The molecule has 1 aromatic heterocycles. The van der Waals surface area contributed by atoms with Crippen molar-refractivity contribution in [3.05, 3.63) is 52.6 Å². The molecule has 0 fully saturated rings. The van der Waals surface area contributed by atoms with Gasteiger partial charge in [0.1, 0.15) is 5.82 Å². The summed E-state index contributed by atoms with van der Waals surface area (Å²) in [6.07, 6.45) is 1.44. The number of anilines is 2. The van der Waals surface area contributed by atoms with E-state index in [2.05, 4.69) is 15.6 Å². The smallest absolute Gasteiger partial charge is 0.239 e. The van der Waals surface area contributed by atoms with Crippen LogP contribution in [0.4, 0.5) is 11.5 Å². The largest absolute Gasteiger partial charge is 0.325 e. The van der Waals surface area contributed by atoms with Gasteiger partial charge in [-0.25, -0.2) is 4.98 Å². The van der Waals surface area contributed by atoms with Crippen molar-refractivity contribution in [2.24, 2.45) is 0 Å². The van der Waals surface area contributed by atoms with Gasteiger partial charge in [-0.3, -0.25) is 14.5 Å². The maximum Gasteiger partial charge on any atom is 0.239 e. The zero-order valence-corrected chi connectivity index (χ0v) is 14.4. The Labute approximate surface area is 149 Å². The molecule has 1 heterocycles. The number of hydrogen-bond donors (Lipinski definition) is 2. The fourth-order valence-corrected chi connectivity index (χ4v) is 2.15. The van der Waals surface area contributed by atoms with Gasteiger partial charge >= 0.3 is 0 Å². The summed E-state index contributed by atoms with van der Waals surface area (Å²) in [5.41, 5.74) is 0.646. The Balaban J connectivity index is 1.78. The summed E-state index contributed by atoms with van der Waals surface area (Å²) >= 11 is 11.5. The quantitative estimate of drug-likeness (QED) is 0.824. The van der Waals surface area contributed by atoms with E-state index in [9.17, 15) is 9.59 Å². The monoisotopic (exact) mass is 366 g/mol. The van der Waals surface area contributed by atoms with Crippen molar-refractivity contribution in [2.45, 2.75) is 0 Å². The highest BCUT2D eigenvalue weighted by molar-refractivity contribution is 6.30. The van der Waals surface area contributed by atoms with Crippen LogP contribution in [-0.2, 0) is 9.59 Å². The zero-order valence-electron chi connectivity index (χ0n) is 12.9. The Morgan fingerprint density at radius 2 is 1.54 bits per heavy atom. The van der Waals surface area contributed by atoms with E-state index in [4.69, 9.17) is 23.2 Å². The lowest BCUT2D eigenvalue weighted by Crippen LogP contribution is -2.36. The Morgan fingerprint density at radius 3 is 2.12 bits per heavy atom. The van der Waals surface area contributed by atoms with Crippen LogP contribution in [0.2, 0.25) is 10.0 Å². The average Bonchev–Trinajstić information content (AvgIpc) is 2.51. The second kappa shape index (κ2) is 8.63. The van der Waals surface area contributed by atoms with Crippen molar-refractivity contribution in [1.29, 1.82) is 0 Å². The molecule has 0 aliphatic carbocycles. The molecule has 6 nitrogen and oxygen atoms in total. The lowest BCUT2D eigenvalue weighted by atomic mass is 10.3. The van der Waals surface area contributed by atoms with E-state index in [1.54, 1.807) is 48.3 Å². The summed E-state index contributed by atoms with van der Waals surface area (Å²) in [7, 11) is 1.68. The van der Waals surface area contributed by atoms with Crippen molar-refractivity contribution in [1.82, 2.24) is 9.88 Å². The number of carbonyl (C=O) groups is 2. The second-order valence-corrected chi connectivity index (χ2v) is 6.01. The molecule has 0 unspecified atom stereocenters. The van der Waals surface area contributed by atoms with Crippen LogP contribution in [-0.4, -0.2) is 41.8 Å². The number of nitrogens with one attached hydrogen (secondary N) is 2. The van der Waals surface area contributed by atoms with Crippen LogP contribution in [0.5, 0.6) is 0 Å². The van der Waals surface area contributed by atoms with Crippen LogP contribution in [0.25, 0.3) is 0 Å². The maximum absolute atomic E-state index is 11.9. The van der Waals surface area contributed by atoms with Crippen molar-refractivity contribution in [3.63, 3.8) is 0 Å². The van der Waals surface area contributed by atoms with Gasteiger partial charge in [0.25, 0.3) is 0 Å². The number of carbonyl (C=O) groups excluding carboxylic acids is 2. The fourth-order valence-electron chi connectivity index (χ4n) is 1.91. The first kappa shape index (κ1) is 18.2. The van der Waals surface area contributed by atoms with Crippen LogP contribution >= 0.6 is 23.2 Å². The molecule has 0 radical (unpaired) electrons. The predicted molar refractivity (Wildman–Crippen MR) is 95.5 cm³/mol. The Bertz CT molecular complexity index is 644. The van der Waals surface area contributed by atoms with Crippen LogP contribution in [0.1, 0.15) is 0 Å². The summed E-state index contributed by atoms with van der Waals surface area (Å²) < 4.78 is 0. The van der Waals surface area contributed by atoms with Gasteiger partial charge in [-0.05, 0) is 43.4 Å². The van der Waals surface area contributed by atoms with Gasteiger partial charge in [0, 0.05) is 16.9 Å². The lowest BCUT2D eigenvalue weighted by molar-refractivity contribution is -0.119. The van der Waals surface area contributed by atoms with Crippen LogP contribution < -0.4 is 10.6 Å². The van der Waals surface area contributed by atoms with Gasteiger partial charge < -0.3 is 10.6 Å². The first-order chi connectivity index (χ1) is 11.4. The van der Waals surface area contributed by atoms with Crippen LogP contribution in [0.15, 0.2) is 42.6 Å². The molecule has 0 atom stereocenters. The summed E-state index contributed by atoms with van der Waals surface area (Å²) in [6.45, 7) is 0.127. The minimum atomic E-state index is -0.272. The third-order valence-corrected chi connectivity index (χ3v) is 3.43. The van der Waals surface area contributed by atoms with Crippen molar-refractivity contribution < 1.29 is 9.59 Å². The summed E-state index contributed by atoms with van der Waals surface area (Å²) in [5.74, 6) is -0.0905. The number of pyridine rings is 1. The first-order valence-corrected chi connectivity index (χ1v) is 7.83. The standard InChI is InChI=1S/C16H16Cl2N4O2/c1-22(9-15(23)20-13-5-2-11(17)3-6-13)10-16(24)21-14-7-4-12(18)8-19-14/h2-8H,9-10H2,1H3,(H,20,23)(H,19,21,24). The van der Waals surface area contributed by atoms with Crippen molar-refractivity contribution in [3.8, 4) is 0 Å². The summed E-state index contributed by atoms with van der Waals surface area (Å²) in [5, 5.41) is 6.45. The molecule has 0 aliphatic rings. The minimum Gasteiger partial charge on any atom is -0.325 e. The topological polar surface area (TPSA) is 74.3 Å². The molecule has 126 valence electrons. The van der Waals surface area contributed by atoms with Gasteiger partial charge in [-0.2, -0.15) is 0 Å². The molecule has 1 aromatic carbocycles. The fraction of sp³-hybridized carbons (Fsp3) is 0.188. The van der Waals surface area contributed by atoms with Gasteiger partial charge in [-0.1, -0.05) is 23.2 Å². The summed E-state index contributed by atoms with van der Waals surface area (Å²) in [6, 6.07) is 10.0. The van der Waals surface area contributed by atoms with Gasteiger partial charge in [0.15, 0.2) is 0 Å². The molecule has 0 spiro atoms. The molecule has 0 saturated heterocycles. The van der Waals surface area contributed by atoms with Crippen molar-refractivity contribution >= 4 is 46.5 Å². The Morgan fingerprint density at radius 1 is 0.958 bits per heavy atom. The number of likely N-dealkylation sites (N-methyl/N-ethyl adjacent to an activating group) is 1. The summed E-state index contributed by atoms with van der Waals surface area (Å²) in [4.78, 5) is 29.4. The maximum atomic E-state index is 11.9. The highest BCUT2D eigenvalue weighted by Crippen LogP contribution is 2.13. The van der Waals surface area contributed by atoms with E-state index < -0.39 is 0 Å². The van der Waals surface area contributed by atoms with Gasteiger partial charge in [-0.15, -0.1) is 0 Å².